The van der Waals surface area contributed by atoms with Crippen molar-refractivity contribution in [2.75, 3.05) is 7.11 Å². The predicted molar refractivity (Wildman–Crippen MR) is 327 cm³/mol. The normalized spacial score (nSPS) is 12.3. The molecule has 15 nitrogen and oxygen atoms in total. The molecule has 0 saturated heterocycles. The average molecular weight is 1120 g/mol. The molecule has 0 fully saturated rings. The molecule has 0 unspecified atom stereocenters. The fraction of sp³-hybridized carbons (Fsp3) is 0.246. The van der Waals surface area contributed by atoms with Crippen LogP contribution in [0.25, 0.3) is 67.5 Å². The number of pyridine rings is 6. The number of hydrogen-bond acceptors (Lipinski definition) is 12. The molecule has 15 heteroatoms. The van der Waals surface area contributed by atoms with Crippen LogP contribution in [-0.4, -0.2) is 84.6 Å². The van der Waals surface area contributed by atoms with Gasteiger partial charge in [-0.05, 0) is 223 Å². The van der Waals surface area contributed by atoms with Crippen LogP contribution >= 0.6 is 0 Å². The lowest BCUT2D eigenvalue weighted by molar-refractivity contribution is -0.145. The minimum absolute atomic E-state index is 0.171. The molecule has 0 bridgehead atoms. The summed E-state index contributed by atoms with van der Waals surface area (Å²) >= 11 is 0. The first-order valence-corrected chi connectivity index (χ1v) is 28.4. The molecule has 9 aromatic rings. The van der Waals surface area contributed by atoms with E-state index in [1.54, 1.807) is 58.0 Å². The zero-order valence-electron chi connectivity index (χ0n) is 47.8. The van der Waals surface area contributed by atoms with Gasteiger partial charge >= 0.3 is 12.1 Å². The van der Waals surface area contributed by atoms with Crippen molar-refractivity contribution in [2.45, 2.75) is 102 Å². The Morgan fingerprint density at radius 3 is 0.929 bits per heavy atom. The number of aryl methyl sites for hydroxylation is 3. The molecule has 3 atom stereocenters. The SMILES string of the molecule is COC(=O)[C@H](CCCc1cc(-c2ccccn2)cc(-c2ccccn2)c1)NC(=O)[C@H](CCCc1cc(-c2ccccn2)cc(-c2ccccn2)c1)NC(=O)[C@H](CCCc1cc(-c2ccccn2)cc(-c2ccccn2)c1)NC(=O)OC(C)(C)C. The number of benzene rings is 3. The van der Waals surface area contributed by atoms with E-state index in [1.807, 2.05) is 109 Å². The van der Waals surface area contributed by atoms with E-state index in [4.69, 9.17) is 9.47 Å². The smallest absolute Gasteiger partial charge is 0.408 e. The maximum atomic E-state index is 14.9. The van der Waals surface area contributed by atoms with E-state index in [0.29, 0.717) is 38.5 Å². The van der Waals surface area contributed by atoms with Gasteiger partial charge in [0.15, 0.2) is 0 Å². The van der Waals surface area contributed by atoms with Gasteiger partial charge in [0.25, 0.3) is 0 Å². The van der Waals surface area contributed by atoms with Crippen LogP contribution in [0.4, 0.5) is 4.79 Å². The summed E-state index contributed by atoms with van der Waals surface area (Å²) in [5.41, 5.74) is 12.4. The van der Waals surface area contributed by atoms with E-state index < -0.39 is 47.6 Å². The van der Waals surface area contributed by atoms with Crippen molar-refractivity contribution in [3.8, 4) is 67.5 Å². The second-order valence-electron chi connectivity index (χ2n) is 21.6. The molecular weight excluding hydrogens is 1050 g/mol. The van der Waals surface area contributed by atoms with Gasteiger partial charge in [-0.3, -0.25) is 39.5 Å². The first-order chi connectivity index (χ1) is 40.8. The van der Waals surface area contributed by atoms with Crippen molar-refractivity contribution in [1.82, 2.24) is 45.9 Å². The number of nitrogens with zero attached hydrogens (tertiary/aromatic N) is 6. The molecule has 0 spiro atoms. The number of esters is 1. The maximum absolute atomic E-state index is 14.9. The van der Waals surface area contributed by atoms with Gasteiger partial charge < -0.3 is 25.4 Å². The van der Waals surface area contributed by atoms with E-state index in [0.717, 1.165) is 84.2 Å². The first-order valence-electron chi connectivity index (χ1n) is 28.4. The zero-order chi connectivity index (χ0) is 58.7. The Morgan fingerprint density at radius 1 is 0.393 bits per heavy atom. The quantitative estimate of drug-likeness (QED) is 0.0484. The molecule has 9 rings (SSSR count). The molecule has 0 saturated carbocycles. The highest BCUT2D eigenvalue weighted by molar-refractivity contribution is 5.93. The van der Waals surface area contributed by atoms with Crippen molar-refractivity contribution in [2.24, 2.45) is 0 Å². The monoisotopic (exact) mass is 1120 g/mol. The highest BCUT2D eigenvalue weighted by atomic mass is 16.6. The summed E-state index contributed by atoms with van der Waals surface area (Å²) in [6, 6.07) is 49.9. The van der Waals surface area contributed by atoms with E-state index in [1.165, 1.54) is 7.11 Å². The molecule has 84 heavy (non-hydrogen) atoms. The van der Waals surface area contributed by atoms with Gasteiger partial charge in [-0.1, -0.05) is 36.4 Å². The third-order valence-electron chi connectivity index (χ3n) is 14.1. The lowest BCUT2D eigenvalue weighted by Crippen LogP contribution is -2.56. The summed E-state index contributed by atoms with van der Waals surface area (Å²) in [7, 11) is 1.29. The highest BCUT2D eigenvalue weighted by Gasteiger charge is 2.31. The largest absolute Gasteiger partial charge is 0.467 e. The fourth-order valence-corrected chi connectivity index (χ4v) is 10.1. The molecule has 0 aliphatic heterocycles. The van der Waals surface area contributed by atoms with Crippen molar-refractivity contribution < 1.29 is 28.7 Å². The second kappa shape index (κ2) is 28.8. The third-order valence-corrected chi connectivity index (χ3v) is 14.1. The number of ether oxygens (including phenoxy) is 2. The van der Waals surface area contributed by atoms with Gasteiger partial charge in [-0.15, -0.1) is 0 Å². The van der Waals surface area contributed by atoms with Crippen molar-refractivity contribution in [3.63, 3.8) is 0 Å². The van der Waals surface area contributed by atoms with Gasteiger partial charge in [0, 0.05) is 70.6 Å². The summed E-state index contributed by atoms with van der Waals surface area (Å²) < 4.78 is 11.0. The maximum Gasteiger partial charge on any atom is 0.408 e. The number of amides is 3. The average Bonchev–Trinajstić information content (AvgIpc) is 3.31. The Labute approximate surface area is 490 Å². The first kappa shape index (κ1) is 58.9. The van der Waals surface area contributed by atoms with Crippen LogP contribution in [-0.2, 0) is 43.1 Å². The fourth-order valence-electron chi connectivity index (χ4n) is 10.1. The van der Waals surface area contributed by atoms with Gasteiger partial charge in [-0.2, -0.15) is 0 Å². The summed E-state index contributed by atoms with van der Waals surface area (Å²) in [6.07, 6.45) is 13.3. The molecular formula is C69H69N9O6. The molecule has 0 radical (unpaired) electrons. The second-order valence-corrected chi connectivity index (χ2v) is 21.6. The molecule has 6 aromatic heterocycles. The lowest BCUT2D eigenvalue weighted by Gasteiger charge is -2.26. The van der Waals surface area contributed by atoms with E-state index >= 15 is 0 Å². The van der Waals surface area contributed by atoms with Crippen LogP contribution in [0.3, 0.4) is 0 Å². The molecule has 3 N–H and O–H groups in total. The van der Waals surface area contributed by atoms with Crippen LogP contribution in [0.15, 0.2) is 201 Å². The predicted octanol–water partition coefficient (Wildman–Crippen LogP) is 12.5. The summed E-state index contributed by atoms with van der Waals surface area (Å²) in [5.74, 6) is -1.78. The summed E-state index contributed by atoms with van der Waals surface area (Å²) in [4.78, 5) is 84.7. The number of carbonyl (C=O) groups is 4. The minimum atomic E-state index is -1.14. The van der Waals surface area contributed by atoms with E-state index in [-0.39, 0.29) is 19.3 Å². The van der Waals surface area contributed by atoms with Crippen LogP contribution < -0.4 is 16.0 Å². The van der Waals surface area contributed by atoms with E-state index in [2.05, 4.69) is 100 Å². The number of hydrogen-bond donors (Lipinski definition) is 3. The van der Waals surface area contributed by atoms with Gasteiger partial charge in [-0.25, -0.2) is 9.59 Å². The van der Waals surface area contributed by atoms with Crippen molar-refractivity contribution in [3.05, 3.63) is 218 Å². The molecule has 6 heterocycles. The van der Waals surface area contributed by atoms with E-state index in [9.17, 15) is 19.2 Å². The summed E-state index contributed by atoms with van der Waals surface area (Å²) in [5, 5.41) is 8.82. The summed E-state index contributed by atoms with van der Waals surface area (Å²) in [6.45, 7) is 5.24. The van der Waals surface area contributed by atoms with Crippen LogP contribution in [0.1, 0.15) is 76.0 Å². The third kappa shape index (κ3) is 16.9. The molecule has 0 aliphatic rings. The molecule has 0 aliphatic carbocycles. The standard InChI is InChI=1S/C69H69N9O6/c1-69(2,3)84-68(82)78-63(30-18-21-48-40-52(58-25-7-13-34-72-58)45-53(41-48)59-26-8-14-35-73-59)66(80)76-62(29-17-20-47-38-50(56-23-5-11-32-70-56)44-51(39-47)57-24-6-12-33-71-57)65(79)77-64(67(81)83-4)31-19-22-49-42-54(60-27-9-15-36-74-60)46-55(43-49)61-28-10-16-37-75-61/h5-16,23-28,32-46,62-64H,17-22,29-31H2,1-4H3,(H,76,80)(H,77,79)(H,78,82)/t62-,63-,64-/m0/s1. The van der Waals surface area contributed by atoms with Gasteiger partial charge in [0.05, 0.1) is 41.3 Å². The van der Waals surface area contributed by atoms with Crippen LogP contribution in [0.2, 0.25) is 0 Å². The Hall–Kier alpha value is -9.76. The Kier molecular flexibility index (Phi) is 20.2. The number of methoxy groups -OCH3 is 1. The van der Waals surface area contributed by atoms with Crippen LogP contribution in [0, 0.1) is 0 Å². The number of carbonyl (C=O) groups excluding carboxylic acids is 4. The molecule has 3 amide bonds. The van der Waals surface area contributed by atoms with Gasteiger partial charge in [0.1, 0.15) is 23.7 Å². The van der Waals surface area contributed by atoms with Crippen molar-refractivity contribution in [1.29, 1.82) is 0 Å². The molecule has 426 valence electrons. The minimum Gasteiger partial charge on any atom is -0.467 e. The Morgan fingerprint density at radius 2 is 0.667 bits per heavy atom. The number of nitrogens with one attached hydrogen (secondary N) is 3. The highest BCUT2D eigenvalue weighted by Crippen LogP contribution is 2.31. The lowest BCUT2D eigenvalue weighted by atomic mass is 9.96. The number of rotatable bonds is 24. The Bertz CT molecular complexity index is 3440. The number of alkyl carbamates (subject to hydrolysis) is 1. The van der Waals surface area contributed by atoms with Crippen molar-refractivity contribution >= 4 is 23.9 Å². The zero-order valence-corrected chi connectivity index (χ0v) is 47.8. The van der Waals surface area contributed by atoms with Crippen LogP contribution in [0.5, 0.6) is 0 Å². The van der Waals surface area contributed by atoms with Gasteiger partial charge in [0.2, 0.25) is 11.8 Å². The number of aromatic nitrogens is 6. The topological polar surface area (TPSA) is 200 Å². The molecule has 3 aromatic carbocycles. The Balaban J connectivity index is 0.973.